The minimum absolute atomic E-state index is 0.149. The summed E-state index contributed by atoms with van der Waals surface area (Å²) in [6, 6.07) is 14.0. The van der Waals surface area contributed by atoms with Crippen molar-refractivity contribution >= 4 is 11.8 Å². The summed E-state index contributed by atoms with van der Waals surface area (Å²) in [6.45, 7) is 1.32. The van der Waals surface area contributed by atoms with Crippen LogP contribution in [0.15, 0.2) is 54.9 Å². The fraction of sp³-hybridized carbons (Fsp3) is 0.333. The number of amides is 2. The van der Waals surface area contributed by atoms with Gasteiger partial charge in [0.2, 0.25) is 0 Å². The number of rotatable bonds is 5. The van der Waals surface area contributed by atoms with E-state index < -0.39 is 11.8 Å². The van der Waals surface area contributed by atoms with Crippen molar-refractivity contribution in [1.29, 1.82) is 0 Å². The molecule has 2 fully saturated rings. The first-order chi connectivity index (χ1) is 14.7. The quantitative estimate of drug-likeness (QED) is 0.594. The predicted octanol–water partition coefficient (Wildman–Crippen LogP) is 1.17. The van der Waals surface area contributed by atoms with Crippen LogP contribution in [0, 0.1) is 0 Å². The first kappa shape index (κ1) is 18.4. The summed E-state index contributed by atoms with van der Waals surface area (Å²) in [4.78, 5) is 28.6. The third-order valence-electron chi connectivity index (χ3n) is 5.88. The lowest BCUT2D eigenvalue weighted by molar-refractivity contribution is -0.159. The van der Waals surface area contributed by atoms with Crippen molar-refractivity contribution in [2.24, 2.45) is 0 Å². The first-order valence-electron chi connectivity index (χ1n) is 10.0. The van der Waals surface area contributed by atoms with Crippen molar-refractivity contribution in [3.05, 3.63) is 66.1 Å². The number of nitrogens with zero attached hydrogens (tertiary/aromatic N) is 7. The van der Waals surface area contributed by atoms with Crippen LogP contribution in [-0.2, 0) is 16.1 Å². The van der Waals surface area contributed by atoms with Crippen molar-refractivity contribution in [3.8, 4) is 5.82 Å². The highest BCUT2D eigenvalue weighted by atomic mass is 16.2. The normalized spacial score (nSPS) is 21.6. The lowest BCUT2D eigenvalue weighted by atomic mass is 9.75. The third-order valence-corrected chi connectivity index (χ3v) is 5.88. The minimum atomic E-state index is -0.466. The van der Waals surface area contributed by atoms with Crippen LogP contribution in [0.5, 0.6) is 0 Å². The zero-order chi connectivity index (χ0) is 20.5. The number of piperazine rings is 1. The molecule has 3 aromatic rings. The van der Waals surface area contributed by atoms with Gasteiger partial charge in [0.1, 0.15) is 0 Å². The van der Waals surface area contributed by atoms with E-state index in [0.717, 1.165) is 12.8 Å². The average Bonchev–Trinajstić information content (AvgIpc) is 3.28. The maximum Gasteiger partial charge on any atom is 0.312 e. The highest BCUT2D eigenvalue weighted by Crippen LogP contribution is 2.40. The standard InChI is InChI=1S/C21H21N7O2/c29-20-21(30)27(18-12-16(13-18)15-4-2-1-3-5-15)11-10-26(20)14-17-6-7-19(24-23-17)28-9-8-22-25-28/h1-9,16,18H,10-14H2/t16-,18+. The molecule has 30 heavy (non-hydrogen) atoms. The van der Waals surface area contributed by atoms with E-state index in [9.17, 15) is 9.59 Å². The highest BCUT2D eigenvalue weighted by molar-refractivity contribution is 6.35. The molecule has 1 saturated carbocycles. The molecule has 9 nitrogen and oxygen atoms in total. The van der Waals surface area contributed by atoms with E-state index in [4.69, 9.17) is 0 Å². The van der Waals surface area contributed by atoms with Gasteiger partial charge in [0.05, 0.1) is 24.6 Å². The van der Waals surface area contributed by atoms with Crippen molar-refractivity contribution in [3.63, 3.8) is 0 Å². The first-order valence-corrected chi connectivity index (χ1v) is 10.0. The molecule has 0 N–H and O–H groups in total. The number of carbonyl (C=O) groups is 2. The lowest BCUT2D eigenvalue weighted by Gasteiger charge is -2.45. The second-order valence-corrected chi connectivity index (χ2v) is 7.69. The van der Waals surface area contributed by atoms with Crippen molar-refractivity contribution in [2.45, 2.75) is 31.3 Å². The van der Waals surface area contributed by atoms with E-state index in [0.29, 0.717) is 30.5 Å². The van der Waals surface area contributed by atoms with Gasteiger partial charge in [-0.3, -0.25) is 9.59 Å². The Morgan fingerprint density at radius 1 is 0.933 bits per heavy atom. The molecule has 1 saturated heterocycles. The molecule has 0 spiro atoms. The molecule has 0 radical (unpaired) electrons. The molecular formula is C21H21N7O2. The Hall–Kier alpha value is -3.62. The van der Waals surface area contributed by atoms with E-state index in [1.165, 1.54) is 10.2 Å². The van der Waals surface area contributed by atoms with E-state index in [1.807, 2.05) is 18.2 Å². The molecular weight excluding hydrogens is 382 g/mol. The van der Waals surface area contributed by atoms with Gasteiger partial charge in [-0.05, 0) is 36.5 Å². The SMILES string of the molecule is O=C1C(=O)N([C@H]2C[C@@H](c3ccccc3)C2)CCN1Cc1ccc(-n2ccnn2)nn1. The van der Waals surface area contributed by atoms with Crippen LogP contribution in [0.3, 0.4) is 0 Å². The highest BCUT2D eigenvalue weighted by Gasteiger charge is 2.42. The summed E-state index contributed by atoms with van der Waals surface area (Å²) in [7, 11) is 0. The Balaban J connectivity index is 1.18. The molecule has 0 unspecified atom stereocenters. The Morgan fingerprint density at radius 2 is 1.77 bits per heavy atom. The number of hydrogen-bond donors (Lipinski definition) is 0. The largest absolute Gasteiger partial charge is 0.330 e. The van der Waals surface area contributed by atoms with Crippen molar-refractivity contribution in [2.75, 3.05) is 13.1 Å². The van der Waals surface area contributed by atoms with Gasteiger partial charge in [0.25, 0.3) is 0 Å². The Kier molecular flexibility index (Phi) is 4.70. The van der Waals surface area contributed by atoms with Crippen LogP contribution in [0.1, 0.15) is 30.0 Å². The molecule has 3 heterocycles. The summed E-state index contributed by atoms with van der Waals surface area (Å²) >= 11 is 0. The van der Waals surface area contributed by atoms with E-state index in [1.54, 1.807) is 34.3 Å². The van der Waals surface area contributed by atoms with Crippen LogP contribution in [-0.4, -0.2) is 65.9 Å². The summed E-state index contributed by atoms with van der Waals surface area (Å²) in [5.74, 6) is 0.133. The van der Waals surface area contributed by atoms with Gasteiger partial charge in [-0.2, -0.15) is 5.10 Å². The molecule has 152 valence electrons. The Morgan fingerprint density at radius 3 is 2.47 bits per heavy atom. The van der Waals surface area contributed by atoms with Gasteiger partial charge < -0.3 is 9.80 Å². The van der Waals surface area contributed by atoms with Crippen LogP contribution < -0.4 is 0 Å². The number of carbonyl (C=O) groups excluding carboxylic acids is 2. The van der Waals surface area contributed by atoms with Crippen molar-refractivity contribution < 1.29 is 9.59 Å². The molecule has 0 bridgehead atoms. The lowest BCUT2D eigenvalue weighted by Crippen LogP contribution is -2.59. The molecule has 0 atom stereocenters. The Bertz CT molecular complexity index is 1030. The topological polar surface area (TPSA) is 97.1 Å². The fourth-order valence-electron chi connectivity index (χ4n) is 4.11. The maximum atomic E-state index is 12.7. The van der Waals surface area contributed by atoms with Crippen molar-refractivity contribution in [1.82, 2.24) is 35.0 Å². The van der Waals surface area contributed by atoms with Gasteiger partial charge in [0, 0.05) is 19.1 Å². The average molecular weight is 403 g/mol. The van der Waals surface area contributed by atoms with E-state index in [-0.39, 0.29) is 12.6 Å². The molecule has 1 aromatic carbocycles. The second-order valence-electron chi connectivity index (χ2n) is 7.69. The van der Waals surface area contributed by atoms with Gasteiger partial charge in [-0.1, -0.05) is 35.5 Å². The maximum absolute atomic E-state index is 12.7. The molecule has 2 amide bonds. The molecule has 9 heteroatoms. The van der Waals surface area contributed by atoms with Gasteiger partial charge >= 0.3 is 11.8 Å². The molecule has 5 rings (SSSR count). The second kappa shape index (κ2) is 7.66. The van der Waals surface area contributed by atoms with Gasteiger partial charge in [-0.25, -0.2) is 4.68 Å². The van der Waals surface area contributed by atoms with E-state index in [2.05, 4.69) is 32.6 Å². The third kappa shape index (κ3) is 3.42. The molecule has 1 aliphatic heterocycles. The van der Waals surface area contributed by atoms with Crippen LogP contribution >= 0.6 is 0 Å². The monoisotopic (exact) mass is 403 g/mol. The molecule has 1 aliphatic carbocycles. The zero-order valence-corrected chi connectivity index (χ0v) is 16.3. The van der Waals surface area contributed by atoms with Crippen LogP contribution in [0.2, 0.25) is 0 Å². The van der Waals surface area contributed by atoms with E-state index >= 15 is 0 Å². The number of benzene rings is 1. The Labute approximate surface area is 173 Å². The van der Waals surface area contributed by atoms with Gasteiger partial charge in [-0.15, -0.1) is 10.2 Å². The minimum Gasteiger partial charge on any atom is -0.330 e. The van der Waals surface area contributed by atoms with Gasteiger partial charge in [0.15, 0.2) is 5.82 Å². The predicted molar refractivity (Wildman–Crippen MR) is 106 cm³/mol. The molecule has 2 aliphatic rings. The zero-order valence-electron chi connectivity index (χ0n) is 16.3. The summed E-state index contributed by atoms with van der Waals surface area (Å²) < 4.78 is 1.51. The van der Waals surface area contributed by atoms with Crippen LogP contribution in [0.4, 0.5) is 0 Å². The summed E-state index contributed by atoms with van der Waals surface area (Å²) in [5, 5.41) is 15.9. The smallest absolute Gasteiger partial charge is 0.312 e. The van der Waals surface area contributed by atoms with Crippen LogP contribution in [0.25, 0.3) is 5.82 Å². The summed E-state index contributed by atoms with van der Waals surface area (Å²) in [5.41, 5.74) is 1.93. The fourth-order valence-corrected chi connectivity index (χ4v) is 4.11. The number of hydrogen-bond acceptors (Lipinski definition) is 6. The number of aromatic nitrogens is 5. The summed E-state index contributed by atoms with van der Waals surface area (Å²) in [6.07, 6.45) is 5.06. The molecule has 2 aromatic heterocycles.